The third-order valence-corrected chi connectivity index (χ3v) is 6.64. The number of anilines is 1. The lowest BCUT2D eigenvalue weighted by Gasteiger charge is -2.52. The third-order valence-electron chi connectivity index (χ3n) is 6.43. The molecule has 33 heavy (non-hydrogen) atoms. The lowest BCUT2D eigenvalue weighted by Crippen LogP contribution is -2.67. The lowest BCUT2D eigenvalue weighted by molar-refractivity contribution is -0.129. The summed E-state index contributed by atoms with van der Waals surface area (Å²) in [4.78, 5) is 32.6. The predicted molar refractivity (Wildman–Crippen MR) is 131 cm³/mol. The van der Waals surface area contributed by atoms with Crippen LogP contribution < -0.4 is 10.6 Å². The van der Waals surface area contributed by atoms with Crippen LogP contribution in [0.25, 0.3) is 0 Å². The molecule has 2 amide bonds. The Kier molecular flexibility index (Phi) is 8.10. The number of benzene rings is 1. The minimum absolute atomic E-state index is 0.153. The Bertz CT molecular complexity index is 1000. The van der Waals surface area contributed by atoms with Gasteiger partial charge >= 0.3 is 0 Å². The van der Waals surface area contributed by atoms with Crippen LogP contribution >= 0.6 is 11.6 Å². The van der Waals surface area contributed by atoms with Gasteiger partial charge < -0.3 is 15.4 Å². The second-order valence-corrected chi connectivity index (χ2v) is 9.33. The van der Waals surface area contributed by atoms with E-state index in [1.165, 1.54) is 19.3 Å². The van der Waals surface area contributed by atoms with Crippen molar-refractivity contribution in [2.45, 2.75) is 44.6 Å². The summed E-state index contributed by atoms with van der Waals surface area (Å²) in [5, 5.41) is 5.77. The van der Waals surface area contributed by atoms with Crippen LogP contribution in [0.3, 0.4) is 0 Å². The van der Waals surface area contributed by atoms with Crippen molar-refractivity contribution in [3.8, 4) is 0 Å². The summed E-state index contributed by atoms with van der Waals surface area (Å²) in [5.41, 5.74) is 2.06. The molecule has 178 valence electrons. The molecule has 1 aromatic carbocycles. The molecule has 1 unspecified atom stereocenters. The Morgan fingerprint density at radius 2 is 1.94 bits per heavy atom. The van der Waals surface area contributed by atoms with E-state index in [0.717, 1.165) is 17.5 Å². The van der Waals surface area contributed by atoms with E-state index in [4.69, 9.17) is 16.3 Å². The summed E-state index contributed by atoms with van der Waals surface area (Å²) >= 11 is 6.01. The van der Waals surface area contributed by atoms with Gasteiger partial charge in [-0.3, -0.25) is 14.5 Å². The number of hydrogen-bond donors (Lipinski definition) is 2. The van der Waals surface area contributed by atoms with E-state index in [0.29, 0.717) is 25.4 Å². The van der Waals surface area contributed by atoms with E-state index in [1.54, 1.807) is 7.11 Å². The fourth-order valence-electron chi connectivity index (χ4n) is 4.40. The van der Waals surface area contributed by atoms with Gasteiger partial charge in [0.15, 0.2) is 0 Å². The van der Waals surface area contributed by atoms with Crippen molar-refractivity contribution in [2.24, 2.45) is 0 Å². The zero-order chi connectivity index (χ0) is 24.2. The molecule has 3 rings (SSSR count). The molecule has 0 radical (unpaired) electrons. The first kappa shape index (κ1) is 25.1. The van der Waals surface area contributed by atoms with Gasteiger partial charge in [-0.15, -0.1) is 0 Å². The number of nitrogens with zero attached hydrogens (tertiary/aromatic N) is 2. The second kappa shape index (κ2) is 10.6. The summed E-state index contributed by atoms with van der Waals surface area (Å²) in [6.45, 7) is 8.27. The first-order valence-electron chi connectivity index (χ1n) is 11.2. The van der Waals surface area contributed by atoms with Crippen LogP contribution in [-0.2, 0) is 14.9 Å². The number of carbonyl (C=O) groups excluding carboxylic acids is 2. The lowest BCUT2D eigenvalue weighted by atomic mass is 9.69. The SMILES string of the molecule is CNC(=O)c1cc(Cl)ncc1NC(=O)C1(c2ccccc2C(C)C)CN(C(C)CCOC)C1. The number of hydrogen-bond acceptors (Lipinski definition) is 5. The van der Waals surface area contributed by atoms with Gasteiger partial charge in [0.05, 0.1) is 22.9 Å². The van der Waals surface area contributed by atoms with Crippen molar-refractivity contribution in [3.05, 3.63) is 58.4 Å². The third kappa shape index (κ3) is 5.21. The van der Waals surface area contributed by atoms with Crippen molar-refractivity contribution in [1.29, 1.82) is 0 Å². The van der Waals surface area contributed by atoms with Gasteiger partial charge in [0, 0.05) is 39.9 Å². The minimum Gasteiger partial charge on any atom is -0.385 e. The smallest absolute Gasteiger partial charge is 0.253 e. The molecule has 8 heteroatoms. The molecule has 0 bridgehead atoms. The highest BCUT2D eigenvalue weighted by Crippen LogP contribution is 2.41. The van der Waals surface area contributed by atoms with E-state index in [2.05, 4.69) is 47.4 Å². The number of likely N-dealkylation sites (tertiary alicyclic amines) is 1. The maximum Gasteiger partial charge on any atom is 0.253 e. The molecule has 2 aromatic rings. The molecule has 7 nitrogen and oxygen atoms in total. The molecule has 1 aliphatic heterocycles. The van der Waals surface area contributed by atoms with Crippen molar-refractivity contribution in [1.82, 2.24) is 15.2 Å². The van der Waals surface area contributed by atoms with Crippen LogP contribution in [0.15, 0.2) is 36.5 Å². The Hall–Kier alpha value is -2.48. The Balaban J connectivity index is 1.97. The first-order valence-corrected chi connectivity index (χ1v) is 11.6. The van der Waals surface area contributed by atoms with Crippen molar-refractivity contribution >= 4 is 29.1 Å². The first-order chi connectivity index (χ1) is 15.7. The van der Waals surface area contributed by atoms with E-state index in [1.807, 2.05) is 18.2 Å². The van der Waals surface area contributed by atoms with Gasteiger partial charge in [0.25, 0.3) is 5.91 Å². The largest absolute Gasteiger partial charge is 0.385 e. The highest BCUT2D eigenvalue weighted by Gasteiger charge is 2.52. The van der Waals surface area contributed by atoms with Gasteiger partial charge in [-0.05, 0) is 36.5 Å². The highest BCUT2D eigenvalue weighted by atomic mass is 35.5. The number of carbonyl (C=O) groups is 2. The molecule has 1 aromatic heterocycles. The fourth-order valence-corrected chi connectivity index (χ4v) is 4.55. The number of pyridine rings is 1. The summed E-state index contributed by atoms with van der Waals surface area (Å²) < 4.78 is 5.24. The van der Waals surface area contributed by atoms with E-state index in [9.17, 15) is 9.59 Å². The maximum atomic E-state index is 13.9. The average molecular weight is 473 g/mol. The molecule has 2 N–H and O–H groups in total. The van der Waals surface area contributed by atoms with E-state index in [-0.39, 0.29) is 34.5 Å². The number of rotatable bonds is 9. The van der Waals surface area contributed by atoms with Crippen LogP contribution in [0, 0.1) is 0 Å². The van der Waals surface area contributed by atoms with Crippen molar-refractivity contribution < 1.29 is 14.3 Å². The van der Waals surface area contributed by atoms with Crippen molar-refractivity contribution in [3.63, 3.8) is 0 Å². The number of aromatic nitrogens is 1. The van der Waals surface area contributed by atoms with Crippen LogP contribution in [0.1, 0.15) is 54.6 Å². The van der Waals surface area contributed by atoms with Crippen LogP contribution in [-0.4, -0.2) is 61.6 Å². The standard InChI is InChI=1S/C25H33ClN4O3/c1-16(2)18-8-6-7-9-20(18)25(14-30(15-25)17(3)10-11-33-5)24(32)29-21-13-28-22(26)12-19(21)23(31)27-4/h6-9,12-13,16-17H,10-11,14-15H2,1-5H3,(H,27,31)(H,29,32). The van der Waals surface area contributed by atoms with Crippen LogP contribution in [0.2, 0.25) is 5.15 Å². The van der Waals surface area contributed by atoms with E-state index < -0.39 is 5.41 Å². The normalized spacial score (nSPS) is 16.2. The zero-order valence-electron chi connectivity index (χ0n) is 19.9. The Morgan fingerprint density at radius 1 is 1.24 bits per heavy atom. The van der Waals surface area contributed by atoms with Crippen molar-refractivity contribution in [2.75, 3.05) is 39.2 Å². The number of methoxy groups -OCH3 is 1. The monoisotopic (exact) mass is 472 g/mol. The number of amides is 2. The average Bonchev–Trinajstić information content (AvgIpc) is 2.77. The Labute approximate surface area is 200 Å². The number of halogens is 1. The molecule has 0 aliphatic carbocycles. The summed E-state index contributed by atoms with van der Waals surface area (Å²) in [6, 6.07) is 9.88. The summed E-state index contributed by atoms with van der Waals surface area (Å²) in [5.74, 6) is -0.223. The van der Waals surface area contributed by atoms with Gasteiger partial charge in [0.2, 0.25) is 5.91 Å². The number of ether oxygens (including phenoxy) is 1. The molecule has 1 aliphatic rings. The Morgan fingerprint density at radius 3 is 2.58 bits per heavy atom. The van der Waals surface area contributed by atoms with Gasteiger partial charge in [0.1, 0.15) is 5.15 Å². The molecule has 1 fully saturated rings. The quantitative estimate of drug-likeness (QED) is 0.542. The zero-order valence-corrected chi connectivity index (χ0v) is 20.7. The molecule has 2 heterocycles. The summed E-state index contributed by atoms with van der Waals surface area (Å²) in [6.07, 6.45) is 2.33. The van der Waals surface area contributed by atoms with Crippen LogP contribution in [0.4, 0.5) is 5.69 Å². The molecule has 0 spiro atoms. The fraction of sp³-hybridized carbons (Fsp3) is 0.480. The van der Waals surface area contributed by atoms with Gasteiger partial charge in [-0.25, -0.2) is 4.98 Å². The maximum absolute atomic E-state index is 13.9. The number of nitrogens with one attached hydrogen (secondary N) is 2. The van der Waals surface area contributed by atoms with E-state index >= 15 is 0 Å². The highest BCUT2D eigenvalue weighted by molar-refractivity contribution is 6.30. The molecule has 1 saturated heterocycles. The topological polar surface area (TPSA) is 83.6 Å². The second-order valence-electron chi connectivity index (χ2n) is 8.95. The van der Waals surface area contributed by atoms with Gasteiger partial charge in [-0.2, -0.15) is 0 Å². The molecular formula is C25H33ClN4O3. The molecule has 1 atom stereocenters. The molecular weight excluding hydrogens is 440 g/mol. The minimum atomic E-state index is -0.734. The predicted octanol–water partition coefficient (Wildman–Crippen LogP) is 3.84. The summed E-state index contributed by atoms with van der Waals surface area (Å²) in [7, 11) is 3.23. The van der Waals surface area contributed by atoms with Crippen LogP contribution in [0.5, 0.6) is 0 Å². The van der Waals surface area contributed by atoms with Gasteiger partial charge in [-0.1, -0.05) is 49.7 Å². The molecule has 0 saturated carbocycles.